The van der Waals surface area contributed by atoms with Crippen molar-refractivity contribution >= 4 is 24.1 Å². The van der Waals surface area contributed by atoms with E-state index in [1.54, 1.807) is 45.0 Å². The van der Waals surface area contributed by atoms with Gasteiger partial charge in [0.05, 0.1) is 19.8 Å². The lowest BCUT2D eigenvalue weighted by atomic mass is 9.70. The lowest BCUT2D eigenvalue weighted by molar-refractivity contribution is -0.348. The number of unbranched alkanes of at least 4 members (excludes halogenated alkanes) is 4. The van der Waals surface area contributed by atoms with E-state index in [4.69, 9.17) is 19.3 Å². The third-order valence-electron chi connectivity index (χ3n) is 15.1. The van der Waals surface area contributed by atoms with Gasteiger partial charge in [-0.3, -0.25) is 9.59 Å². The number of alkyl halides is 12. The largest absolute Gasteiger partial charge is 0.493 e. The monoisotopic (exact) mass is 1180 g/mol. The number of carbonyl (C=O) groups excluding carboxylic acids is 1. The Balaban J connectivity index is 0.000000431. The number of aliphatic carboxylic acids is 1. The van der Waals surface area contributed by atoms with Crippen molar-refractivity contribution in [3.05, 3.63) is 141 Å². The molecule has 82 heavy (non-hydrogen) atoms. The summed E-state index contributed by atoms with van der Waals surface area (Å²) >= 11 is 0. The van der Waals surface area contributed by atoms with Crippen molar-refractivity contribution in [2.24, 2.45) is 0 Å². The van der Waals surface area contributed by atoms with Crippen molar-refractivity contribution in [3.63, 3.8) is 0 Å². The lowest BCUT2D eigenvalue weighted by Crippen LogP contribution is -2.55. The molecule has 0 unspecified atom stereocenters. The summed E-state index contributed by atoms with van der Waals surface area (Å²) in [5, 5.41) is 27.6. The number of aliphatic hydroxyl groups is 2. The molecule has 0 radical (unpaired) electrons. The van der Waals surface area contributed by atoms with Gasteiger partial charge < -0.3 is 29.5 Å². The van der Waals surface area contributed by atoms with Crippen LogP contribution >= 0.6 is 0 Å². The molecule has 456 valence electrons. The Kier molecular flexibility index (Phi) is 25.3. The summed E-state index contributed by atoms with van der Waals surface area (Å²) in [5.41, 5.74) is -4.06. The highest BCUT2D eigenvalue weighted by molar-refractivity contribution is 5.69. The molecule has 0 aliphatic rings. The van der Waals surface area contributed by atoms with Crippen LogP contribution in [0.2, 0.25) is 0 Å². The molecule has 0 aromatic heterocycles. The molecule has 4 aromatic carbocycles. The molecular formula is C62H76F12O8. The van der Waals surface area contributed by atoms with Crippen LogP contribution in [0.3, 0.4) is 0 Å². The van der Waals surface area contributed by atoms with E-state index in [2.05, 4.69) is 0 Å². The van der Waals surface area contributed by atoms with Gasteiger partial charge in [0.2, 0.25) is 0 Å². The molecule has 0 saturated carbocycles. The van der Waals surface area contributed by atoms with Crippen molar-refractivity contribution < 1.29 is 91.8 Å². The maximum atomic E-state index is 13.1. The van der Waals surface area contributed by atoms with Gasteiger partial charge >= 0.3 is 36.6 Å². The van der Waals surface area contributed by atoms with Crippen molar-refractivity contribution in [2.75, 3.05) is 19.8 Å². The summed E-state index contributed by atoms with van der Waals surface area (Å²) in [5.74, 6) is 0.431. The minimum atomic E-state index is -5.93. The number of esters is 1. The molecule has 0 aliphatic heterocycles. The second-order valence-electron chi connectivity index (χ2n) is 20.4. The number of ether oxygens (including phenoxy) is 3. The first-order valence-corrected chi connectivity index (χ1v) is 27.3. The van der Waals surface area contributed by atoms with Crippen LogP contribution in [-0.4, -0.2) is 83.0 Å². The van der Waals surface area contributed by atoms with Crippen molar-refractivity contribution in [2.45, 2.75) is 186 Å². The zero-order chi connectivity index (χ0) is 62.1. The Hall–Kier alpha value is -6.02. The maximum Gasteiger partial charge on any atom is 0.430 e. The Bertz CT molecular complexity index is 2740. The molecule has 0 heterocycles. The van der Waals surface area contributed by atoms with Gasteiger partial charge in [-0.1, -0.05) is 101 Å². The molecule has 0 atom stereocenters. The van der Waals surface area contributed by atoms with Gasteiger partial charge in [0.15, 0.2) is 0 Å². The van der Waals surface area contributed by atoms with E-state index in [1.807, 2.05) is 77.9 Å². The molecule has 8 nitrogen and oxygen atoms in total. The van der Waals surface area contributed by atoms with Crippen molar-refractivity contribution in [3.8, 4) is 11.5 Å². The van der Waals surface area contributed by atoms with E-state index in [-0.39, 0.29) is 35.7 Å². The highest BCUT2D eigenvalue weighted by atomic mass is 19.4. The van der Waals surface area contributed by atoms with Crippen LogP contribution in [0, 0.1) is 27.7 Å². The quantitative estimate of drug-likeness (QED) is 0.0307. The number of aryl methyl sites for hydroxylation is 4. The van der Waals surface area contributed by atoms with Crippen LogP contribution in [-0.2, 0) is 25.2 Å². The molecule has 4 rings (SSSR count). The second-order valence-corrected chi connectivity index (χ2v) is 20.4. The molecule has 3 N–H and O–H groups in total. The fourth-order valence-electron chi connectivity index (χ4n) is 9.83. The van der Waals surface area contributed by atoms with Crippen molar-refractivity contribution in [1.82, 2.24) is 0 Å². The summed E-state index contributed by atoms with van der Waals surface area (Å²) in [6, 6.07) is 21.6. The summed E-state index contributed by atoms with van der Waals surface area (Å²) in [7, 11) is 0. The zero-order valence-corrected chi connectivity index (χ0v) is 47.8. The van der Waals surface area contributed by atoms with Crippen LogP contribution in [0.15, 0.2) is 84.9 Å². The van der Waals surface area contributed by atoms with Gasteiger partial charge in [-0.05, 0) is 179 Å². The number of hydrogen-bond acceptors (Lipinski definition) is 7. The fraction of sp³-hybridized carbons (Fsp3) is 0.516. The lowest BCUT2D eigenvalue weighted by Gasteiger charge is -2.34. The van der Waals surface area contributed by atoms with Crippen molar-refractivity contribution in [1.29, 1.82) is 0 Å². The molecule has 0 amide bonds. The van der Waals surface area contributed by atoms with E-state index in [9.17, 15) is 72.5 Å². The second kappa shape index (κ2) is 29.5. The van der Waals surface area contributed by atoms with Gasteiger partial charge in [-0.15, -0.1) is 0 Å². The summed E-state index contributed by atoms with van der Waals surface area (Å²) in [6.07, 6.45) is -15.2. The Labute approximate surface area is 472 Å². The number of halogens is 12. The maximum absolute atomic E-state index is 13.1. The van der Waals surface area contributed by atoms with Crippen LogP contribution in [0.4, 0.5) is 52.7 Å². The number of rotatable bonds is 27. The first-order valence-electron chi connectivity index (χ1n) is 27.3. The van der Waals surface area contributed by atoms with Crippen LogP contribution in [0.5, 0.6) is 11.5 Å². The topological polar surface area (TPSA) is 123 Å². The smallest absolute Gasteiger partial charge is 0.430 e. The molecule has 20 heteroatoms. The van der Waals surface area contributed by atoms with Gasteiger partial charge in [-0.2, -0.15) is 52.7 Å². The van der Waals surface area contributed by atoms with E-state index < -0.39 is 52.7 Å². The minimum Gasteiger partial charge on any atom is -0.493 e. The molecule has 0 fully saturated rings. The predicted molar refractivity (Wildman–Crippen MR) is 292 cm³/mol. The Morgan fingerprint density at radius 3 is 1.05 bits per heavy atom. The fourth-order valence-corrected chi connectivity index (χ4v) is 9.83. The third kappa shape index (κ3) is 17.3. The van der Waals surface area contributed by atoms with Crippen LogP contribution in [0.1, 0.15) is 167 Å². The van der Waals surface area contributed by atoms with E-state index in [1.165, 1.54) is 12.1 Å². The van der Waals surface area contributed by atoms with Crippen LogP contribution < -0.4 is 9.47 Å². The average molecular weight is 1180 g/mol. The Morgan fingerprint density at radius 1 is 0.451 bits per heavy atom. The number of benzene rings is 4. The summed E-state index contributed by atoms with van der Waals surface area (Å²) < 4.78 is 174. The normalized spacial score (nSPS) is 13.1. The Morgan fingerprint density at radius 2 is 0.768 bits per heavy atom. The van der Waals surface area contributed by atoms with Gasteiger partial charge in [0.1, 0.15) is 11.5 Å². The first-order chi connectivity index (χ1) is 38.1. The zero-order valence-electron chi connectivity index (χ0n) is 47.8. The minimum absolute atomic E-state index is 0.125. The SMILES string of the molecule is CCC(CC)(c1ccc(/C=C/C(O)(C(F)(F)F)C(F)(F)F)c(C)c1)c1ccc(OCCCCCC(=O)O)c(C)c1.CCOC(=O)CCCCCOc1ccc(C(CC)(CC)c2ccc(/C=C/C(O)(C(F)(F)F)C(F)(F)F)c(C)c2)cc1C. The first kappa shape index (κ1) is 70.2. The molecule has 0 saturated heterocycles. The molecule has 0 spiro atoms. The molecule has 0 bridgehead atoms. The highest BCUT2D eigenvalue weighted by Gasteiger charge is 2.70. The summed E-state index contributed by atoms with van der Waals surface area (Å²) in [4.78, 5) is 22.0. The predicted octanol–water partition coefficient (Wildman–Crippen LogP) is 17.1. The van der Waals surface area contributed by atoms with E-state index in [0.29, 0.717) is 87.4 Å². The van der Waals surface area contributed by atoms with Gasteiger partial charge in [0.25, 0.3) is 11.2 Å². The third-order valence-corrected chi connectivity index (χ3v) is 15.1. The molecular weight excluding hydrogens is 1100 g/mol. The number of carboxylic acid groups (broad SMARTS) is 1. The highest BCUT2D eigenvalue weighted by Crippen LogP contribution is 2.47. The van der Waals surface area contributed by atoms with Gasteiger partial charge in [0, 0.05) is 23.7 Å². The number of hydrogen-bond donors (Lipinski definition) is 3. The number of carbonyl (C=O) groups is 2. The van der Waals surface area contributed by atoms with E-state index in [0.717, 1.165) is 71.2 Å². The van der Waals surface area contributed by atoms with Gasteiger partial charge in [-0.25, -0.2) is 0 Å². The standard InChI is InChI=1S/C32H40F6O4.C30H36F6O4/c1-6-29(7-2,26-15-16-27(23(5)21-26)42-19-11-9-10-12-28(39)41-8-3)25-14-13-24(22(4)20-25)17-18-30(40,31(33,34)35)32(36,37)38;1-5-27(6-2,24-13-14-25(21(4)19-24)40-17-9-7-8-10-26(37)38)23-12-11-22(20(3)18-23)15-16-28(39,29(31,32)33)30(34,35)36/h13-18,20-21,40H,6-12,19H2,1-5H3;11-16,18-19,39H,5-10,17H2,1-4H3,(H,37,38)/b18-17+;16-15+. The average Bonchev–Trinajstić information content (AvgIpc) is 3.60. The number of carboxylic acids is 1. The molecule has 4 aromatic rings. The molecule has 0 aliphatic carbocycles. The summed E-state index contributed by atoms with van der Waals surface area (Å²) in [6.45, 7) is 18.2. The van der Waals surface area contributed by atoms with E-state index >= 15 is 0 Å². The van der Waals surface area contributed by atoms with Crippen LogP contribution in [0.25, 0.3) is 12.2 Å².